The van der Waals surface area contributed by atoms with E-state index in [1.807, 2.05) is 42.1 Å². The molecule has 2 saturated carbocycles. The van der Waals surface area contributed by atoms with Gasteiger partial charge in [-0.1, -0.05) is 44.4 Å². The normalized spacial score (nSPS) is 27.7. The molecule has 11 rings (SSSR count). The molecule has 430 valence electrons. The van der Waals surface area contributed by atoms with Crippen LogP contribution in [0.1, 0.15) is 152 Å². The van der Waals surface area contributed by atoms with Crippen molar-refractivity contribution in [3.05, 3.63) is 109 Å². The van der Waals surface area contributed by atoms with E-state index in [9.17, 15) is 33.9 Å². The van der Waals surface area contributed by atoms with Gasteiger partial charge < -0.3 is 38.6 Å². The van der Waals surface area contributed by atoms with E-state index in [2.05, 4.69) is 61.9 Å². The third-order valence-corrected chi connectivity index (χ3v) is 19.9. The number of amides is 1. The third kappa shape index (κ3) is 9.73. The van der Waals surface area contributed by atoms with Crippen molar-refractivity contribution in [2.24, 2.45) is 17.3 Å². The molecule has 0 bridgehead atoms. The van der Waals surface area contributed by atoms with Crippen LogP contribution >= 0.6 is 0 Å². The minimum Gasteiger partial charge on any atom is -0.458 e. The summed E-state index contributed by atoms with van der Waals surface area (Å²) in [6.45, 7) is 14.9. The standard InChI is InChI=1S/C65H80N6O10/c1-10-64(78)54-31-56-59-44(35-71(56)60(75)52(54)37-79-61(64)76)30-49-51(36-67(7)8)57(24-23-55(49)66-59)80-62(77)70-34-38(2)69(33-39(70)3)28-14-12-11-13-27-68(9)45-18-15-42(16-19-45)50-32-63(6)53(25-26-65(63,40(4)72)81-41(5)73)48-21-17-43-29-46(74)20-22-47(43)58(48)50/h15-16,18-19,23-24,29-31,38-39,48,50,53,78H,10-14,17,20-22,25-28,32-37H2,1-9H3/t38-,39+,48?,50?,53-,63?,64-,65-/m0/s1. The average Bonchev–Trinajstić information content (AvgIpc) is 3.99. The van der Waals surface area contributed by atoms with Gasteiger partial charge >= 0.3 is 18.0 Å². The van der Waals surface area contributed by atoms with Gasteiger partial charge in [-0.05, 0) is 170 Å². The Kier molecular flexibility index (Phi) is 15.1. The van der Waals surface area contributed by atoms with E-state index in [4.69, 9.17) is 19.2 Å². The summed E-state index contributed by atoms with van der Waals surface area (Å²) < 4.78 is 19.3. The number of rotatable bonds is 15. The van der Waals surface area contributed by atoms with Crippen molar-refractivity contribution < 1.29 is 43.3 Å². The number of anilines is 1. The Hall–Kier alpha value is -6.49. The number of hydrogen-bond donors (Lipinski definition) is 1. The number of benzene rings is 2. The predicted octanol–water partition coefficient (Wildman–Crippen LogP) is 9.52. The fourth-order valence-corrected chi connectivity index (χ4v) is 15.7. The van der Waals surface area contributed by atoms with Gasteiger partial charge in [0.15, 0.2) is 22.8 Å². The zero-order valence-corrected chi connectivity index (χ0v) is 48.8. The Labute approximate surface area is 475 Å². The highest BCUT2D eigenvalue weighted by atomic mass is 16.6. The molecule has 3 unspecified atom stereocenters. The second-order valence-electron chi connectivity index (χ2n) is 25.1. The number of Topliss-reactive ketones (excluding diaryl/α,β-unsaturated/α-hetero) is 1. The molecule has 0 spiro atoms. The quantitative estimate of drug-likeness (QED) is 0.0773. The highest BCUT2D eigenvalue weighted by molar-refractivity contribution is 5.93. The molecular formula is C65H80N6O10. The summed E-state index contributed by atoms with van der Waals surface area (Å²) in [6.07, 6.45) is 11.1. The van der Waals surface area contributed by atoms with Crippen molar-refractivity contribution in [1.82, 2.24) is 24.3 Å². The number of unbranched alkanes of at least 4 members (excludes halogenated alkanes) is 3. The van der Waals surface area contributed by atoms with Crippen molar-refractivity contribution in [3.63, 3.8) is 0 Å². The summed E-state index contributed by atoms with van der Waals surface area (Å²) in [7, 11) is 6.08. The lowest BCUT2D eigenvalue weighted by atomic mass is 9.50. The van der Waals surface area contributed by atoms with E-state index in [1.165, 1.54) is 29.2 Å². The van der Waals surface area contributed by atoms with Crippen LogP contribution in [-0.4, -0.2) is 124 Å². The van der Waals surface area contributed by atoms with Gasteiger partial charge in [-0.15, -0.1) is 0 Å². The van der Waals surface area contributed by atoms with E-state index in [0.29, 0.717) is 55.0 Å². The molecule has 3 fully saturated rings. The maximum Gasteiger partial charge on any atom is 0.415 e. The number of esters is 2. The van der Waals surface area contributed by atoms with Crippen molar-refractivity contribution in [1.29, 1.82) is 0 Å². The second-order valence-corrected chi connectivity index (χ2v) is 25.1. The molecule has 4 aromatic rings. The number of fused-ring (bicyclic) bond motifs is 9. The molecule has 4 aliphatic carbocycles. The number of carbonyl (C=O) groups is 5. The van der Waals surface area contributed by atoms with Crippen LogP contribution in [0, 0.1) is 17.3 Å². The fourth-order valence-electron chi connectivity index (χ4n) is 15.7. The van der Waals surface area contributed by atoms with Gasteiger partial charge in [0.05, 0.1) is 29.0 Å². The second kappa shape index (κ2) is 21.7. The number of cyclic esters (lactones) is 1. The van der Waals surface area contributed by atoms with Crippen LogP contribution < -0.4 is 15.2 Å². The third-order valence-electron chi connectivity index (χ3n) is 19.9. The van der Waals surface area contributed by atoms with Crippen LogP contribution in [0.5, 0.6) is 5.75 Å². The molecule has 1 N–H and O–H groups in total. The number of carbonyl (C=O) groups excluding carboxylic acids is 5. The van der Waals surface area contributed by atoms with Crippen LogP contribution in [0.15, 0.2) is 76.1 Å². The first-order valence-corrected chi connectivity index (χ1v) is 29.6. The summed E-state index contributed by atoms with van der Waals surface area (Å²) in [5, 5.41) is 12.2. The van der Waals surface area contributed by atoms with Crippen molar-refractivity contribution in [2.75, 3.05) is 52.2 Å². The maximum atomic E-state index is 14.1. The van der Waals surface area contributed by atoms with E-state index in [-0.39, 0.29) is 77.7 Å². The van der Waals surface area contributed by atoms with Crippen molar-refractivity contribution >= 4 is 46.2 Å². The number of nitrogens with zero attached hydrogens (tertiary/aromatic N) is 6. The first-order chi connectivity index (χ1) is 38.7. The first-order valence-electron chi connectivity index (χ1n) is 29.6. The van der Waals surface area contributed by atoms with Gasteiger partial charge in [0.1, 0.15) is 12.4 Å². The van der Waals surface area contributed by atoms with E-state index < -0.39 is 34.6 Å². The number of allylic oxidation sites excluding steroid dienone is 4. The maximum absolute atomic E-state index is 14.1. The number of piperazine rings is 1. The summed E-state index contributed by atoms with van der Waals surface area (Å²) in [5.41, 5.74) is 6.48. The number of hydrogen-bond acceptors (Lipinski definition) is 14. The Bertz CT molecular complexity index is 3360. The lowest BCUT2D eigenvalue weighted by molar-refractivity contribution is -0.182. The van der Waals surface area contributed by atoms with Gasteiger partial charge in [-0.2, -0.15) is 0 Å². The van der Waals surface area contributed by atoms with Gasteiger partial charge in [0, 0.05) is 97.8 Å². The molecule has 5 heterocycles. The van der Waals surface area contributed by atoms with Crippen LogP contribution in [0.2, 0.25) is 0 Å². The van der Waals surface area contributed by atoms with Gasteiger partial charge in [0.2, 0.25) is 0 Å². The van der Waals surface area contributed by atoms with Crippen molar-refractivity contribution in [3.8, 4) is 17.1 Å². The zero-order chi connectivity index (χ0) is 57.4. The molecule has 2 aromatic carbocycles. The lowest BCUT2D eigenvalue weighted by Crippen LogP contribution is -2.58. The van der Waals surface area contributed by atoms with Crippen LogP contribution in [0.4, 0.5) is 10.5 Å². The Morgan fingerprint density at radius 2 is 1.68 bits per heavy atom. The highest BCUT2D eigenvalue weighted by Gasteiger charge is 2.67. The number of ketones is 2. The largest absolute Gasteiger partial charge is 0.458 e. The lowest BCUT2D eigenvalue weighted by Gasteiger charge is -2.55. The number of pyridine rings is 2. The molecule has 3 aliphatic heterocycles. The Balaban J connectivity index is 0.693. The molecule has 7 aliphatic rings. The van der Waals surface area contributed by atoms with Gasteiger partial charge in [0.25, 0.3) is 5.56 Å². The Morgan fingerprint density at radius 1 is 0.914 bits per heavy atom. The fraction of sp³-hybridized carbons (Fsp3) is 0.554. The van der Waals surface area contributed by atoms with E-state index >= 15 is 0 Å². The minimum absolute atomic E-state index is 0.0539. The van der Waals surface area contributed by atoms with Crippen LogP contribution in [0.25, 0.3) is 22.3 Å². The number of aromatic nitrogens is 2. The molecule has 16 nitrogen and oxygen atoms in total. The summed E-state index contributed by atoms with van der Waals surface area (Å²) in [5.74, 6) is -0.0102. The molecule has 1 saturated heterocycles. The van der Waals surface area contributed by atoms with Crippen molar-refractivity contribution in [2.45, 2.75) is 167 Å². The topological polar surface area (TPSA) is 181 Å². The molecule has 81 heavy (non-hydrogen) atoms. The monoisotopic (exact) mass is 1100 g/mol. The SMILES string of the molecule is CC[C@@]1(O)C(=O)OCc2c1cc1n(c2=O)Cc2cc3c(CN(C)C)c(OC(=O)N4C[C@H](C)N(CCCCCCN(C)c5ccc(C6CC7(C)[C@@H](CC[C@]7(OC(C)=O)C(C)=O)C7CCC8=CC(=O)CCC8=C67)cc5)C[C@H]4C)ccc3nc2-1. The molecule has 16 heteroatoms. The molecule has 8 atom stereocenters. The number of aliphatic hydroxyl groups is 1. The summed E-state index contributed by atoms with van der Waals surface area (Å²) >= 11 is 0. The van der Waals surface area contributed by atoms with Crippen LogP contribution in [0.3, 0.4) is 0 Å². The minimum atomic E-state index is -1.91. The summed E-state index contributed by atoms with van der Waals surface area (Å²) in [4.78, 5) is 93.3. The Morgan fingerprint density at radius 3 is 2.41 bits per heavy atom. The zero-order valence-electron chi connectivity index (χ0n) is 48.8. The highest BCUT2D eigenvalue weighted by Crippen LogP contribution is 2.68. The predicted molar refractivity (Wildman–Crippen MR) is 309 cm³/mol. The molecule has 1 amide bonds. The number of ether oxygens (including phenoxy) is 3. The van der Waals surface area contributed by atoms with Gasteiger partial charge in [-0.25, -0.2) is 14.6 Å². The first kappa shape index (κ1) is 56.4. The smallest absolute Gasteiger partial charge is 0.415 e. The molecular weight excluding hydrogens is 1020 g/mol. The molecule has 2 aromatic heterocycles. The average molecular weight is 1110 g/mol. The van der Waals surface area contributed by atoms with E-state index in [1.54, 1.807) is 30.5 Å². The van der Waals surface area contributed by atoms with Gasteiger partial charge in [-0.3, -0.25) is 24.1 Å². The molecule has 0 radical (unpaired) electrons. The van der Waals surface area contributed by atoms with E-state index in [0.717, 1.165) is 93.2 Å². The summed E-state index contributed by atoms with van der Waals surface area (Å²) in [6, 6.07) is 16.4. The van der Waals surface area contributed by atoms with Crippen LogP contribution in [-0.2, 0) is 53.9 Å².